The fraction of sp³-hybridized carbons (Fsp3) is 0.238. The van der Waals surface area contributed by atoms with Gasteiger partial charge in [0.25, 0.3) is 5.91 Å². The molecular weight excluding hydrogens is 324 g/mol. The summed E-state index contributed by atoms with van der Waals surface area (Å²) in [7, 11) is 1.93. The van der Waals surface area contributed by atoms with Gasteiger partial charge in [0.1, 0.15) is 6.17 Å². The molecule has 2 heterocycles. The quantitative estimate of drug-likeness (QED) is 0.759. The van der Waals surface area contributed by atoms with Crippen LogP contribution in [0.2, 0.25) is 0 Å². The van der Waals surface area contributed by atoms with Gasteiger partial charge in [-0.2, -0.15) is 5.10 Å². The van der Waals surface area contributed by atoms with Gasteiger partial charge in [-0.05, 0) is 45.0 Å². The van der Waals surface area contributed by atoms with Gasteiger partial charge in [0.15, 0.2) is 0 Å². The molecule has 132 valence electrons. The standard InChI is InChI=1S/C21H22N4O/c1-13-9-11-16(12-10-13)25-20(19-14(2)23-24(4)15(19)3)22-18-8-6-5-7-17(18)21(25)26/h5-12,20,22H,1-4H3/t20-/m1/s1. The second kappa shape index (κ2) is 6.02. The third-order valence-electron chi connectivity index (χ3n) is 5.08. The zero-order valence-electron chi connectivity index (χ0n) is 15.4. The van der Waals surface area contributed by atoms with Gasteiger partial charge in [-0.1, -0.05) is 29.8 Å². The Morgan fingerprint density at radius 1 is 1.00 bits per heavy atom. The molecule has 0 bridgehead atoms. The van der Waals surface area contributed by atoms with E-state index in [0.717, 1.165) is 33.9 Å². The van der Waals surface area contributed by atoms with Crippen LogP contribution >= 0.6 is 0 Å². The number of aryl methyl sites for hydroxylation is 3. The fourth-order valence-electron chi connectivity index (χ4n) is 3.61. The summed E-state index contributed by atoms with van der Waals surface area (Å²) in [5.41, 5.74) is 6.58. The topological polar surface area (TPSA) is 50.2 Å². The van der Waals surface area contributed by atoms with Gasteiger partial charge in [-0.15, -0.1) is 0 Å². The van der Waals surface area contributed by atoms with Crippen LogP contribution in [0.1, 0.15) is 39.0 Å². The number of aromatic nitrogens is 2. The van der Waals surface area contributed by atoms with Crippen LogP contribution in [-0.4, -0.2) is 15.7 Å². The van der Waals surface area contributed by atoms with E-state index in [1.807, 2.05) is 85.9 Å². The first-order valence-corrected chi connectivity index (χ1v) is 8.73. The average Bonchev–Trinajstić information content (AvgIpc) is 2.88. The van der Waals surface area contributed by atoms with Crippen LogP contribution in [0, 0.1) is 20.8 Å². The second-order valence-electron chi connectivity index (χ2n) is 6.81. The van der Waals surface area contributed by atoms with Gasteiger partial charge in [-0.3, -0.25) is 14.4 Å². The lowest BCUT2D eigenvalue weighted by atomic mass is 10.0. The summed E-state index contributed by atoms with van der Waals surface area (Å²) in [6, 6.07) is 15.7. The predicted octanol–water partition coefficient (Wildman–Crippen LogP) is 4.12. The number of fused-ring (bicyclic) bond motifs is 1. The summed E-state index contributed by atoms with van der Waals surface area (Å²) in [6.07, 6.45) is -0.297. The summed E-state index contributed by atoms with van der Waals surface area (Å²) in [4.78, 5) is 15.2. The summed E-state index contributed by atoms with van der Waals surface area (Å²) < 4.78 is 1.87. The van der Waals surface area contributed by atoms with E-state index in [1.165, 1.54) is 0 Å². The Bertz CT molecular complexity index is 988. The molecule has 0 saturated carbocycles. The minimum atomic E-state index is -0.297. The molecule has 0 spiro atoms. The molecule has 1 N–H and O–H groups in total. The highest BCUT2D eigenvalue weighted by Gasteiger charge is 2.36. The van der Waals surface area contributed by atoms with Gasteiger partial charge < -0.3 is 5.32 Å². The molecule has 1 aromatic heterocycles. The first-order valence-electron chi connectivity index (χ1n) is 8.73. The van der Waals surface area contributed by atoms with Crippen LogP contribution in [0.4, 0.5) is 11.4 Å². The zero-order chi connectivity index (χ0) is 18.4. The maximum Gasteiger partial charge on any atom is 0.262 e. The Kier molecular flexibility index (Phi) is 3.80. The number of carbonyl (C=O) groups is 1. The number of nitrogens with one attached hydrogen (secondary N) is 1. The first-order chi connectivity index (χ1) is 12.5. The summed E-state index contributed by atoms with van der Waals surface area (Å²) >= 11 is 0. The van der Waals surface area contributed by atoms with Gasteiger partial charge in [0, 0.05) is 29.7 Å². The lowest BCUT2D eigenvalue weighted by molar-refractivity contribution is 0.0975. The highest BCUT2D eigenvalue weighted by Crippen LogP contribution is 2.38. The maximum atomic E-state index is 13.4. The van der Waals surface area contributed by atoms with E-state index in [2.05, 4.69) is 10.4 Å². The molecule has 1 amide bonds. The van der Waals surface area contributed by atoms with E-state index in [0.29, 0.717) is 5.56 Å². The molecule has 0 fully saturated rings. The number of para-hydroxylation sites is 1. The average molecular weight is 346 g/mol. The minimum absolute atomic E-state index is 0.00384. The van der Waals surface area contributed by atoms with Gasteiger partial charge >= 0.3 is 0 Å². The molecule has 2 aromatic carbocycles. The summed E-state index contributed by atoms with van der Waals surface area (Å²) in [6.45, 7) is 6.07. The van der Waals surface area contributed by atoms with Crippen LogP contribution in [-0.2, 0) is 7.05 Å². The van der Waals surface area contributed by atoms with Crippen LogP contribution in [0.25, 0.3) is 0 Å². The molecule has 1 aliphatic rings. The maximum absolute atomic E-state index is 13.4. The molecule has 4 rings (SSSR count). The number of anilines is 2. The lowest BCUT2D eigenvalue weighted by Gasteiger charge is -2.38. The van der Waals surface area contributed by atoms with Crippen molar-refractivity contribution in [2.45, 2.75) is 26.9 Å². The molecular formula is C21H22N4O. The molecule has 1 aliphatic heterocycles. The number of hydrogen-bond donors (Lipinski definition) is 1. The van der Waals surface area contributed by atoms with Crippen LogP contribution in [0.3, 0.4) is 0 Å². The summed E-state index contributed by atoms with van der Waals surface area (Å²) in [5, 5.41) is 8.10. The molecule has 3 aromatic rings. The van der Waals surface area contributed by atoms with E-state index < -0.39 is 0 Å². The Morgan fingerprint density at radius 2 is 1.69 bits per heavy atom. The molecule has 5 nitrogen and oxygen atoms in total. The van der Waals surface area contributed by atoms with Crippen molar-refractivity contribution in [1.29, 1.82) is 0 Å². The Labute approximate surface area is 153 Å². The molecule has 26 heavy (non-hydrogen) atoms. The molecule has 5 heteroatoms. The van der Waals surface area contributed by atoms with Crippen molar-refractivity contribution in [3.63, 3.8) is 0 Å². The zero-order valence-corrected chi connectivity index (χ0v) is 15.4. The number of rotatable bonds is 2. The Balaban J connectivity index is 1.91. The van der Waals surface area contributed by atoms with Gasteiger partial charge in [0.05, 0.1) is 11.3 Å². The predicted molar refractivity (Wildman–Crippen MR) is 103 cm³/mol. The van der Waals surface area contributed by atoms with E-state index in [4.69, 9.17) is 0 Å². The SMILES string of the molecule is Cc1ccc(N2C(=O)c3ccccc3N[C@H]2c2c(C)nn(C)c2C)cc1. The van der Waals surface area contributed by atoms with Crippen molar-refractivity contribution in [2.75, 3.05) is 10.2 Å². The second-order valence-corrected chi connectivity index (χ2v) is 6.81. The molecule has 1 atom stereocenters. The third-order valence-corrected chi connectivity index (χ3v) is 5.08. The van der Waals surface area contributed by atoms with Crippen molar-refractivity contribution in [2.24, 2.45) is 7.05 Å². The third kappa shape index (κ3) is 2.47. The number of benzene rings is 2. The van der Waals surface area contributed by atoms with Crippen molar-refractivity contribution in [1.82, 2.24) is 9.78 Å². The molecule has 0 unspecified atom stereocenters. The number of hydrogen-bond acceptors (Lipinski definition) is 3. The van der Waals surface area contributed by atoms with Crippen molar-refractivity contribution >= 4 is 17.3 Å². The van der Waals surface area contributed by atoms with E-state index >= 15 is 0 Å². The van der Waals surface area contributed by atoms with Crippen molar-refractivity contribution in [3.05, 3.63) is 76.6 Å². The molecule has 0 aliphatic carbocycles. The van der Waals surface area contributed by atoms with Gasteiger partial charge in [-0.25, -0.2) is 0 Å². The van der Waals surface area contributed by atoms with Gasteiger partial charge in [0.2, 0.25) is 0 Å². The van der Waals surface area contributed by atoms with Crippen LogP contribution in [0.5, 0.6) is 0 Å². The minimum Gasteiger partial charge on any atom is -0.360 e. The lowest BCUT2D eigenvalue weighted by Crippen LogP contribution is -2.43. The van der Waals surface area contributed by atoms with E-state index in [1.54, 1.807) is 0 Å². The fourth-order valence-corrected chi connectivity index (χ4v) is 3.61. The number of nitrogens with zero attached hydrogens (tertiary/aromatic N) is 3. The molecule has 0 saturated heterocycles. The Hall–Kier alpha value is -3.08. The molecule has 0 radical (unpaired) electrons. The van der Waals surface area contributed by atoms with E-state index in [-0.39, 0.29) is 12.1 Å². The highest BCUT2D eigenvalue weighted by molar-refractivity contribution is 6.12. The number of amides is 1. The smallest absolute Gasteiger partial charge is 0.262 e. The van der Waals surface area contributed by atoms with E-state index in [9.17, 15) is 4.79 Å². The van der Waals surface area contributed by atoms with Crippen LogP contribution in [0.15, 0.2) is 48.5 Å². The first kappa shape index (κ1) is 16.4. The monoisotopic (exact) mass is 346 g/mol. The van der Waals surface area contributed by atoms with Crippen LogP contribution < -0.4 is 10.2 Å². The number of carbonyl (C=O) groups excluding carboxylic acids is 1. The largest absolute Gasteiger partial charge is 0.360 e. The Morgan fingerprint density at radius 3 is 2.35 bits per heavy atom. The highest BCUT2D eigenvalue weighted by atomic mass is 16.2. The van der Waals surface area contributed by atoms with Crippen molar-refractivity contribution in [3.8, 4) is 0 Å². The van der Waals surface area contributed by atoms with Crippen molar-refractivity contribution < 1.29 is 4.79 Å². The normalized spacial score (nSPS) is 16.4. The summed E-state index contributed by atoms with van der Waals surface area (Å²) in [5.74, 6) is -0.00384.